The summed E-state index contributed by atoms with van der Waals surface area (Å²) in [5.74, 6) is 0. The Labute approximate surface area is 125 Å². The highest BCUT2D eigenvalue weighted by molar-refractivity contribution is 6.83. The minimum Gasteiger partial charge on any atom is -0.438 e. The molecule has 0 spiro atoms. The van der Waals surface area contributed by atoms with Gasteiger partial charge in [-0.3, -0.25) is 0 Å². The summed E-state index contributed by atoms with van der Waals surface area (Å²) in [7, 11) is -4.41. The Morgan fingerprint density at radius 2 is 0.842 bits per heavy atom. The molecular weight excluding hydrogens is 284 g/mol. The van der Waals surface area contributed by atoms with E-state index in [-0.39, 0.29) is 0 Å². The third-order valence-corrected chi connectivity index (χ3v) is 19.5. The quantitative estimate of drug-likeness (QED) is 0.483. The highest BCUT2D eigenvalue weighted by Crippen LogP contribution is 2.28. The van der Waals surface area contributed by atoms with Crippen molar-refractivity contribution in [3.63, 3.8) is 0 Å². The largest absolute Gasteiger partial charge is 0.438 e. The van der Waals surface area contributed by atoms with Crippen LogP contribution >= 0.6 is 0 Å². The van der Waals surface area contributed by atoms with Crippen molar-refractivity contribution in [1.82, 2.24) is 0 Å². The van der Waals surface area contributed by atoms with Gasteiger partial charge in [-0.15, -0.1) is 0 Å². The first-order valence-electron chi connectivity index (χ1n) is 8.36. The van der Waals surface area contributed by atoms with E-state index in [1.165, 1.54) is 36.3 Å². The van der Waals surface area contributed by atoms with Gasteiger partial charge in [-0.05, 0) is 42.3 Å². The second-order valence-electron chi connectivity index (χ2n) is 5.56. The summed E-state index contributed by atoms with van der Waals surface area (Å²) in [6.07, 6.45) is 0. The molecule has 0 atom stereocenters. The van der Waals surface area contributed by atoms with Crippen molar-refractivity contribution >= 4 is 25.9 Å². The summed E-state index contributed by atoms with van der Waals surface area (Å²) in [4.78, 5) is 0. The Kier molecular flexibility index (Phi) is 9.78. The normalized spacial score (nSPS) is 13.3. The van der Waals surface area contributed by atoms with E-state index in [1.54, 1.807) is 0 Å². The molecule has 0 radical (unpaired) electrons. The van der Waals surface area contributed by atoms with E-state index < -0.39 is 25.9 Å². The molecule has 0 saturated carbocycles. The van der Waals surface area contributed by atoms with Crippen LogP contribution in [0.3, 0.4) is 0 Å². The Hall–Kier alpha value is 0.571. The molecule has 2 nitrogen and oxygen atoms in total. The van der Waals surface area contributed by atoms with Gasteiger partial charge in [0.1, 0.15) is 0 Å². The van der Waals surface area contributed by atoms with Crippen molar-refractivity contribution in [2.75, 3.05) is 0 Å². The smallest absolute Gasteiger partial charge is 0.300 e. The van der Waals surface area contributed by atoms with E-state index in [2.05, 4.69) is 48.5 Å². The summed E-state index contributed by atoms with van der Waals surface area (Å²) in [6.45, 7) is 16.1. The lowest BCUT2D eigenvalue weighted by atomic mass is 10.9. The van der Waals surface area contributed by atoms with E-state index >= 15 is 0 Å². The van der Waals surface area contributed by atoms with Crippen LogP contribution in [0.1, 0.15) is 48.5 Å². The molecule has 0 fully saturated rings. The molecule has 0 aromatic rings. The van der Waals surface area contributed by atoms with Gasteiger partial charge in [0.2, 0.25) is 0 Å². The highest BCUT2D eigenvalue weighted by Gasteiger charge is 2.37. The Bertz CT molecular complexity index is 190. The van der Waals surface area contributed by atoms with Crippen molar-refractivity contribution in [1.29, 1.82) is 0 Å². The van der Waals surface area contributed by atoms with Gasteiger partial charge in [0.25, 0.3) is 0 Å². The van der Waals surface area contributed by atoms with Crippen molar-refractivity contribution in [2.24, 2.45) is 0 Å². The second-order valence-corrected chi connectivity index (χ2v) is 18.1. The van der Waals surface area contributed by atoms with Crippen LogP contribution in [0.2, 0.25) is 42.3 Å². The average molecular weight is 321 g/mol. The molecule has 0 aliphatic heterocycles. The minimum absolute atomic E-state index is 1.13. The third-order valence-electron chi connectivity index (χ3n) is 4.96. The monoisotopic (exact) mass is 320 g/mol. The fraction of sp³-hybridized carbons (Fsp3) is 1.00. The fourth-order valence-corrected chi connectivity index (χ4v) is 16.2. The molecule has 0 rings (SSSR count). The summed E-state index contributed by atoms with van der Waals surface area (Å²) in [6, 6.07) is 8.58. The summed E-state index contributed by atoms with van der Waals surface area (Å²) < 4.78 is 13.4. The first-order valence-corrected chi connectivity index (χ1v) is 15.2. The van der Waals surface area contributed by atoms with E-state index in [1.807, 2.05) is 0 Å². The molecule has 0 N–H and O–H groups in total. The van der Waals surface area contributed by atoms with Gasteiger partial charge in [-0.2, -0.15) is 0 Å². The van der Waals surface area contributed by atoms with Gasteiger partial charge in [-0.25, -0.2) is 0 Å². The minimum atomic E-state index is -1.48. The molecule has 0 unspecified atom stereocenters. The van der Waals surface area contributed by atoms with Gasteiger partial charge in [0.15, 0.2) is 16.6 Å². The number of hydrogen-bond acceptors (Lipinski definition) is 2. The number of hydrogen-bond donors (Lipinski definition) is 0. The highest BCUT2D eigenvalue weighted by atomic mass is 28.4. The van der Waals surface area contributed by atoms with Crippen LogP contribution < -0.4 is 0 Å². The number of rotatable bonds is 11. The molecule has 0 aliphatic carbocycles. The summed E-state index contributed by atoms with van der Waals surface area (Å²) in [5.41, 5.74) is 0. The maximum absolute atomic E-state index is 6.69. The molecule has 116 valence electrons. The van der Waals surface area contributed by atoms with Gasteiger partial charge in [0, 0.05) is 0 Å². The van der Waals surface area contributed by atoms with Crippen molar-refractivity contribution in [2.45, 2.75) is 90.8 Å². The molecule has 0 aromatic carbocycles. The Balaban J connectivity index is 4.83. The predicted molar refractivity (Wildman–Crippen MR) is 94.2 cm³/mol. The first-order chi connectivity index (χ1) is 9.00. The lowest BCUT2D eigenvalue weighted by molar-refractivity contribution is 0.400. The molecule has 5 heteroatoms. The molecule has 0 bridgehead atoms. The van der Waals surface area contributed by atoms with Crippen LogP contribution in [0.5, 0.6) is 0 Å². The van der Waals surface area contributed by atoms with Crippen LogP contribution in [-0.4, -0.2) is 25.9 Å². The van der Waals surface area contributed by atoms with Gasteiger partial charge in [0.05, 0.1) is 0 Å². The first kappa shape index (κ1) is 19.6. The molecule has 0 saturated heterocycles. The second kappa shape index (κ2) is 9.50. The van der Waals surface area contributed by atoms with Crippen LogP contribution in [0.4, 0.5) is 0 Å². The van der Waals surface area contributed by atoms with Crippen LogP contribution in [-0.2, 0) is 8.23 Å². The molecule has 0 aromatic heterocycles. The fourth-order valence-electron chi connectivity index (χ4n) is 2.75. The van der Waals surface area contributed by atoms with E-state index in [0.29, 0.717) is 0 Å². The maximum atomic E-state index is 6.69. The predicted octanol–water partition coefficient (Wildman–Crippen LogP) is 5.27. The van der Waals surface area contributed by atoms with Crippen molar-refractivity contribution < 1.29 is 8.23 Å². The SMILES string of the molecule is CC[SiH](O[Si](CC)(CC)CC)O[Si](CC)(CC)CC. The summed E-state index contributed by atoms with van der Waals surface area (Å²) >= 11 is 0. The standard InChI is InChI=1S/C14H36O2Si3/c1-8-17(15-18(9-2,10-3)11-4)16-19(12-5,13-6)14-7/h17H,8-14H2,1-7H3. The third kappa shape index (κ3) is 5.46. The Morgan fingerprint density at radius 3 is 1.00 bits per heavy atom. The van der Waals surface area contributed by atoms with Gasteiger partial charge < -0.3 is 8.23 Å². The van der Waals surface area contributed by atoms with Crippen LogP contribution in [0.25, 0.3) is 0 Å². The van der Waals surface area contributed by atoms with Crippen LogP contribution in [0, 0.1) is 0 Å². The van der Waals surface area contributed by atoms with E-state index in [0.717, 1.165) is 6.04 Å². The molecule has 0 aliphatic rings. The van der Waals surface area contributed by atoms with Crippen molar-refractivity contribution in [3.8, 4) is 0 Å². The zero-order valence-corrected chi connectivity index (χ0v) is 17.5. The van der Waals surface area contributed by atoms with E-state index in [4.69, 9.17) is 8.23 Å². The topological polar surface area (TPSA) is 18.5 Å². The van der Waals surface area contributed by atoms with E-state index in [9.17, 15) is 0 Å². The maximum Gasteiger partial charge on any atom is 0.300 e. The summed E-state index contributed by atoms with van der Waals surface area (Å²) in [5, 5.41) is 0. The Morgan fingerprint density at radius 1 is 0.579 bits per heavy atom. The lowest BCUT2D eigenvalue weighted by Gasteiger charge is -2.38. The molecular formula is C14H36O2Si3. The average Bonchev–Trinajstić information content (AvgIpc) is 2.49. The molecule has 0 heterocycles. The molecule has 0 amide bonds. The van der Waals surface area contributed by atoms with Crippen LogP contribution in [0.15, 0.2) is 0 Å². The van der Waals surface area contributed by atoms with Gasteiger partial charge in [-0.1, -0.05) is 48.5 Å². The van der Waals surface area contributed by atoms with Crippen molar-refractivity contribution in [3.05, 3.63) is 0 Å². The lowest BCUT2D eigenvalue weighted by Crippen LogP contribution is -2.49. The van der Waals surface area contributed by atoms with Gasteiger partial charge >= 0.3 is 9.28 Å². The zero-order chi connectivity index (χ0) is 14.9. The zero-order valence-electron chi connectivity index (χ0n) is 14.3. The molecule has 19 heavy (non-hydrogen) atoms.